The molecule has 1 fully saturated rings. The summed E-state index contributed by atoms with van der Waals surface area (Å²) in [7, 11) is 0. The van der Waals surface area contributed by atoms with Crippen molar-refractivity contribution in [3.63, 3.8) is 0 Å². The van der Waals surface area contributed by atoms with Gasteiger partial charge in [0.1, 0.15) is 0 Å². The van der Waals surface area contributed by atoms with Crippen molar-refractivity contribution in [2.45, 2.75) is 52.5 Å². The van der Waals surface area contributed by atoms with Crippen LogP contribution in [0, 0.1) is 6.92 Å². The molecule has 0 aliphatic carbocycles. The Hall–Kier alpha value is -4.37. The highest BCUT2D eigenvalue weighted by atomic mass is 16.7. The van der Waals surface area contributed by atoms with Crippen molar-refractivity contribution in [1.82, 2.24) is 15.7 Å². The lowest BCUT2D eigenvalue weighted by Crippen LogP contribution is -2.30. The van der Waals surface area contributed by atoms with Gasteiger partial charge in [-0.25, -0.2) is 4.79 Å². The fourth-order valence-electron chi connectivity index (χ4n) is 4.46. The summed E-state index contributed by atoms with van der Waals surface area (Å²) >= 11 is 0. The standard InChI is InChI=1S/C30H32N4O5/c1-17(2)20-7-11-22(12-8-20)27(33-39-16-25(35)36)26-28(23-13-9-21(10-14-23)18(3)4)34(30(38)29(26)37)24-15-6-19(5)31-32-24/h6-15,17-18,28,33H,16H2,1-5H3,(H,35,36)/b27-26-. The van der Waals surface area contributed by atoms with Gasteiger partial charge in [0.15, 0.2) is 12.4 Å². The highest BCUT2D eigenvalue weighted by Gasteiger charge is 2.47. The van der Waals surface area contributed by atoms with Crippen molar-refractivity contribution in [2.75, 3.05) is 11.5 Å². The zero-order valence-corrected chi connectivity index (χ0v) is 22.6. The van der Waals surface area contributed by atoms with E-state index in [-0.39, 0.29) is 23.0 Å². The number of aromatic nitrogens is 2. The van der Waals surface area contributed by atoms with Gasteiger partial charge in [-0.3, -0.25) is 24.8 Å². The van der Waals surface area contributed by atoms with Gasteiger partial charge in [0, 0.05) is 5.56 Å². The highest BCUT2D eigenvalue weighted by Crippen LogP contribution is 2.42. The number of hydrogen-bond donors (Lipinski definition) is 2. The minimum atomic E-state index is -1.19. The largest absolute Gasteiger partial charge is 0.479 e. The maximum Gasteiger partial charge on any atom is 0.332 e. The third-order valence-electron chi connectivity index (χ3n) is 6.64. The maximum absolute atomic E-state index is 13.7. The van der Waals surface area contributed by atoms with Gasteiger partial charge in [-0.2, -0.15) is 5.10 Å². The third kappa shape index (κ3) is 5.88. The number of aryl methyl sites for hydroxylation is 1. The number of ketones is 1. The van der Waals surface area contributed by atoms with E-state index < -0.39 is 30.3 Å². The number of benzene rings is 2. The Morgan fingerprint density at radius 2 is 1.51 bits per heavy atom. The Morgan fingerprint density at radius 3 is 2.03 bits per heavy atom. The van der Waals surface area contributed by atoms with Crippen LogP contribution in [0.3, 0.4) is 0 Å². The van der Waals surface area contributed by atoms with E-state index in [4.69, 9.17) is 9.94 Å². The molecule has 1 atom stereocenters. The van der Waals surface area contributed by atoms with Gasteiger partial charge in [-0.05, 0) is 47.6 Å². The lowest BCUT2D eigenvalue weighted by Gasteiger charge is -2.25. The molecule has 1 saturated heterocycles. The van der Waals surface area contributed by atoms with Crippen molar-refractivity contribution in [1.29, 1.82) is 0 Å². The molecule has 1 aliphatic heterocycles. The van der Waals surface area contributed by atoms with E-state index in [1.54, 1.807) is 19.1 Å². The number of aliphatic carboxylic acids is 1. The lowest BCUT2D eigenvalue weighted by molar-refractivity contribution is -0.143. The summed E-state index contributed by atoms with van der Waals surface area (Å²) in [6, 6.07) is 17.7. The van der Waals surface area contributed by atoms with Crippen molar-refractivity contribution in [3.8, 4) is 0 Å². The van der Waals surface area contributed by atoms with Gasteiger partial charge in [0.05, 0.1) is 23.0 Å². The minimum Gasteiger partial charge on any atom is -0.479 e. The average Bonchev–Trinajstić information content (AvgIpc) is 3.17. The normalized spacial score (nSPS) is 16.8. The van der Waals surface area contributed by atoms with Crippen molar-refractivity contribution in [2.24, 2.45) is 0 Å². The number of anilines is 1. The Balaban J connectivity index is 1.94. The molecule has 9 nitrogen and oxygen atoms in total. The van der Waals surface area contributed by atoms with Crippen molar-refractivity contribution < 1.29 is 24.3 Å². The molecule has 2 aromatic carbocycles. The van der Waals surface area contributed by atoms with Crippen LogP contribution in [0.15, 0.2) is 66.2 Å². The zero-order valence-electron chi connectivity index (χ0n) is 22.6. The summed E-state index contributed by atoms with van der Waals surface area (Å²) in [5, 5.41) is 17.4. The molecule has 0 spiro atoms. The molecular weight excluding hydrogens is 496 g/mol. The van der Waals surface area contributed by atoms with E-state index in [9.17, 15) is 14.4 Å². The number of nitrogens with one attached hydrogen (secondary N) is 1. The molecule has 1 unspecified atom stereocenters. The molecule has 1 aliphatic rings. The molecule has 202 valence electrons. The van der Waals surface area contributed by atoms with Gasteiger partial charge in [-0.15, -0.1) is 5.10 Å². The van der Waals surface area contributed by atoms with Crippen LogP contribution < -0.4 is 10.4 Å². The quantitative estimate of drug-likeness (QED) is 0.233. The first-order valence-electron chi connectivity index (χ1n) is 12.8. The molecule has 4 rings (SSSR count). The smallest absolute Gasteiger partial charge is 0.332 e. The van der Waals surface area contributed by atoms with Crippen molar-refractivity contribution in [3.05, 3.63) is 94.2 Å². The molecule has 0 radical (unpaired) electrons. The van der Waals surface area contributed by atoms with Crippen LogP contribution in [-0.4, -0.2) is 39.6 Å². The number of rotatable bonds is 9. The monoisotopic (exact) mass is 528 g/mol. The maximum atomic E-state index is 13.7. The van der Waals surface area contributed by atoms with Gasteiger partial charge in [-0.1, -0.05) is 76.2 Å². The Morgan fingerprint density at radius 1 is 0.923 bits per heavy atom. The molecule has 2 heterocycles. The van der Waals surface area contributed by atoms with Crippen LogP contribution in [0.25, 0.3) is 5.70 Å². The van der Waals surface area contributed by atoms with E-state index in [1.807, 2.05) is 48.5 Å². The van der Waals surface area contributed by atoms with E-state index >= 15 is 0 Å². The zero-order chi connectivity index (χ0) is 28.3. The molecule has 39 heavy (non-hydrogen) atoms. The predicted molar refractivity (Wildman–Crippen MR) is 147 cm³/mol. The molecule has 1 aromatic heterocycles. The first-order chi connectivity index (χ1) is 18.6. The van der Waals surface area contributed by atoms with Crippen LogP contribution in [0.1, 0.15) is 73.5 Å². The van der Waals surface area contributed by atoms with E-state index in [1.165, 1.54) is 4.90 Å². The fraction of sp³-hybridized carbons (Fsp3) is 0.300. The number of amides is 1. The minimum absolute atomic E-state index is 0.127. The van der Waals surface area contributed by atoms with Crippen LogP contribution in [-0.2, 0) is 19.2 Å². The number of carbonyl (C=O) groups is 3. The van der Waals surface area contributed by atoms with E-state index in [0.717, 1.165) is 11.1 Å². The van der Waals surface area contributed by atoms with Crippen LogP contribution in [0.5, 0.6) is 0 Å². The van der Waals surface area contributed by atoms with Gasteiger partial charge in [0.25, 0.3) is 5.78 Å². The first kappa shape index (κ1) is 27.7. The van der Waals surface area contributed by atoms with Gasteiger partial charge in [0.2, 0.25) is 0 Å². The Labute approximate surface area is 227 Å². The second-order valence-corrected chi connectivity index (χ2v) is 10.1. The Kier molecular flexibility index (Phi) is 8.21. The molecule has 2 N–H and O–H groups in total. The average molecular weight is 529 g/mol. The predicted octanol–water partition coefficient (Wildman–Crippen LogP) is 4.71. The van der Waals surface area contributed by atoms with Gasteiger partial charge < -0.3 is 5.11 Å². The summed E-state index contributed by atoms with van der Waals surface area (Å²) < 4.78 is 0. The topological polar surface area (TPSA) is 122 Å². The fourth-order valence-corrected chi connectivity index (χ4v) is 4.46. The van der Waals surface area contributed by atoms with Crippen molar-refractivity contribution >= 4 is 29.2 Å². The molecule has 1 amide bonds. The van der Waals surface area contributed by atoms with E-state index in [0.29, 0.717) is 22.7 Å². The summed E-state index contributed by atoms with van der Waals surface area (Å²) in [5.74, 6) is -1.90. The van der Waals surface area contributed by atoms with Crippen LogP contribution >= 0.6 is 0 Å². The number of hydroxylamine groups is 1. The number of Topliss-reactive ketones (excluding diaryl/α,β-unsaturated/α-hetero) is 1. The summed E-state index contributed by atoms with van der Waals surface area (Å²) in [6.45, 7) is 9.44. The first-order valence-corrected chi connectivity index (χ1v) is 12.8. The second kappa shape index (κ2) is 11.6. The summed E-state index contributed by atoms with van der Waals surface area (Å²) in [4.78, 5) is 45.0. The van der Waals surface area contributed by atoms with Crippen LogP contribution in [0.4, 0.5) is 5.82 Å². The molecule has 0 saturated carbocycles. The highest BCUT2D eigenvalue weighted by molar-refractivity contribution is 6.51. The Bertz CT molecular complexity index is 1390. The number of hydrogen-bond acceptors (Lipinski definition) is 7. The summed E-state index contributed by atoms with van der Waals surface area (Å²) in [6.07, 6.45) is 0. The van der Waals surface area contributed by atoms with Crippen LogP contribution in [0.2, 0.25) is 0 Å². The molecule has 3 aromatic rings. The second-order valence-electron chi connectivity index (χ2n) is 10.1. The number of nitrogens with zero attached hydrogens (tertiary/aromatic N) is 3. The number of carbonyl (C=O) groups excluding carboxylic acids is 2. The molecular formula is C30H32N4O5. The number of carboxylic acids is 1. The van der Waals surface area contributed by atoms with E-state index in [2.05, 4.69) is 43.4 Å². The molecule has 0 bridgehead atoms. The summed E-state index contributed by atoms with van der Waals surface area (Å²) in [5.41, 5.74) is 7.14. The lowest BCUT2D eigenvalue weighted by atomic mass is 9.92. The number of carboxylic acid groups (broad SMARTS) is 1. The SMILES string of the molecule is Cc1ccc(N2C(=O)C(=O)/C(=C(\NOCC(=O)O)c3ccc(C(C)C)cc3)C2c2ccc(C(C)C)cc2)nn1. The third-order valence-corrected chi connectivity index (χ3v) is 6.64. The molecule has 9 heteroatoms. The van der Waals surface area contributed by atoms with Gasteiger partial charge >= 0.3 is 11.9 Å².